The Labute approximate surface area is 112 Å². The number of rotatable bonds is 5. The fourth-order valence-electron chi connectivity index (χ4n) is 2.49. The summed E-state index contributed by atoms with van der Waals surface area (Å²) < 4.78 is 0. The third kappa shape index (κ3) is 4.43. The third-order valence-corrected chi connectivity index (χ3v) is 3.37. The first kappa shape index (κ1) is 15.2. The Morgan fingerprint density at radius 3 is 2.17 bits per heavy atom. The van der Waals surface area contributed by atoms with E-state index in [1.165, 1.54) is 5.56 Å². The van der Waals surface area contributed by atoms with Gasteiger partial charge in [0.05, 0.1) is 0 Å². The van der Waals surface area contributed by atoms with Gasteiger partial charge in [-0.1, -0.05) is 51.1 Å². The normalized spacial score (nSPS) is 15.7. The second-order valence-corrected chi connectivity index (χ2v) is 6.39. The van der Waals surface area contributed by atoms with Gasteiger partial charge in [0.1, 0.15) is 0 Å². The van der Waals surface area contributed by atoms with Crippen LogP contribution in [0.15, 0.2) is 30.3 Å². The lowest BCUT2D eigenvalue weighted by Gasteiger charge is -2.36. The Morgan fingerprint density at radius 2 is 1.72 bits per heavy atom. The molecule has 2 atom stereocenters. The molecule has 1 rings (SSSR count). The molecule has 102 valence electrons. The fourth-order valence-corrected chi connectivity index (χ4v) is 2.49. The van der Waals surface area contributed by atoms with Crippen molar-refractivity contribution in [1.29, 1.82) is 0 Å². The highest BCUT2D eigenvalue weighted by molar-refractivity contribution is 5.20. The van der Waals surface area contributed by atoms with Crippen LogP contribution in [0, 0.1) is 5.41 Å². The molecule has 1 aromatic rings. The molecule has 2 unspecified atom stereocenters. The number of hydrogen-bond donors (Lipinski definition) is 1. The zero-order chi connectivity index (χ0) is 13.8. The van der Waals surface area contributed by atoms with Gasteiger partial charge in [-0.3, -0.25) is 0 Å². The Morgan fingerprint density at radius 1 is 1.17 bits per heavy atom. The van der Waals surface area contributed by atoms with Gasteiger partial charge in [-0.2, -0.15) is 0 Å². The average Bonchev–Trinajstić information content (AvgIpc) is 2.29. The zero-order valence-electron chi connectivity index (χ0n) is 12.7. The van der Waals surface area contributed by atoms with E-state index in [1.807, 2.05) is 7.05 Å². The van der Waals surface area contributed by atoms with E-state index >= 15 is 0 Å². The molecule has 0 aliphatic rings. The van der Waals surface area contributed by atoms with Crippen LogP contribution in [-0.2, 0) is 0 Å². The van der Waals surface area contributed by atoms with Crippen LogP contribution in [0.25, 0.3) is 0 Å². The summed E-state index contributed by atoms with van der Waals surface area (Å²) in [6.07, 6.45) is 0. The van der Waals surface area contributed by atoms with Crippen molar-refractivity contribution in [2.75, 3.05) is 20.6 Å². The summed E-state index contributed by atoms with van der Waals surface area (Å²) in [5, 5.41) is 3.44. The molecule has 0 saturated carbocycles. The maximum Gasteiger partial charge on any atom is 0.0472 e. The average molecular weight is 248 g/mol. The van der Waals surface area contributed by atoms with Gasteiger partial charge >= 0.3 is 0 Å². The molecule has 0 aliphatic carbocycles. The van der Waals surface area contributed by atoms with Gasteiger partial charge in [0.2, 0.25) is 0 Å². The second kappa shape index (κ2) is 6.35. The lowest BCUT2D eigenvalue weighted by molar-refractivity contribution is 0.154. The van der Waals surface area contributed by atoms with Crippen LogP contribution in [0.5, 0.6) is 0 Å². The van der Waals surface area contributed by atoms with E-state index in [-0.39, 0.29) is 0 Å². The highest BCUT2D eigenvalue weighted by atomic mass is 15.2. The maximum atomic E-state index is 3.44. The van der Waals surface area contributed by atoms with Crippen molar-refractivity contribution in [3.63, 3.8) is 0 Å². The third-order valence-electron chi connectivity index (χ3n) is 3.37. The summed E-state index contributed by atoms with van der Waals surface area (Å²) in [6.45, 7) is 10.2. The Bertz CT molecular complexity index is 340. The highest BCUT2D eigenvalue weighted by Crippen LogP contribution is 2.23. The first-order valence-corrected chi connectivity index (χ1v) is 6.77. The number of nitrogens with one attached hydrogen (secondary N) is 1. The molecule has 2 nitrogen and oxygen atoms in total. The molecule has 2 heteroatoms. The monoisotopic (exact) mass is 248 g/mol. The Hall–Kier alpha value is -0.860. The lowest BCUT2D eigenvalue weighted by atomic mass is 9.93. The Kier molecular flexibility index (Phi) is 5.36. The van der Waals surface area contributed by atoms with Gasteiger partial charge in [0.25, 0.3) is 0 Å². The van der Waals surface area contributed by atoms with Crippen molar-refractivity contribution in [3.05, 3.63) is 35.9 Å². The molecular weight excluding hydrogens is 220 g/mol. The van der Waals surface area contributed by atoms with Gasteiger partial charge in [0.15, 0.2) is 0 Å². The molecule has 0 saturated heterocycles. The summed E-state index contributed by atoms with van der Waals surface area (Å²) in [4.78, 5) is 2.44. The molecule has 0 bridgehead atoms. The molecule has 0 fully saturated rings. The molecule has 0 aromatic heterocycles. The molecule has 1 N–H and O–H groups in total. The van der Waals surface area contributed by atoms with E-state index in [1.54, 1.807) is 0 Å². The van der Waals surface area contributed by atoms with Crippen LogP contribution in [0.4, 0.5) is 0 Å². The topological polar surface area (TPSA) is 15.3 Å². The summed E-state index contributed by atoms with van der Waals surface area (Å²) in [6, 6.07) is 11.5. The molecule has 0 aliphatic heterocycles. The number of benzene rings is 1. The van der Waals surface area contributed by atoms with Crippen LogP contribution in [0.2, 0.25) is 0 Å². The lowest BCUT2D eigenvalue weighted by Crippen LogP contribution is -2.43. The van der Waals surface area contributed by atoms with Crippen LogP contribution >= 0.6 is 0 Å². The molecule has 0 spiro atoms. The fraction of sp³-hybridized carbons (Fsp3) is 0.625. The molecule has 0 heterocycles. The second-order valence-electron chi connectivity index (χ2n) is 6.39. The van der Waals surface area contributed by atoms with Gasteiger partial charge in [-0.25, -0.2) is 0 Å². The zero-order valence-corrected chi connectivity index (χ0v) is 12.7. The van der Waals surface area contributed by atoms with Crippen molar-refractivity contribution in [3.8, 4) is 0 Å². The molecule has 0 radical (unpaired) electrons. The minimum Gasteiger partial charge on any atom is -0.312 e. The van der Waals surface area contributed by atoms with Crippen molar-refractivity contribution < 1.29 is 0 Å². The number of likely N-dealkylation sites (N-methyl/N-ethyl adjacent to an activating group) is 2. The maximum absolute atomic E-state index is 3.44. The largest absolute Gasteiger partial charge is 0.312 e. The molecular formula is C16H28N2. The van der Waals surface area contributed by atoms with Crippen molar-refractivity contribution in [2.45, 2.75) is 39.8 Å². The summed E-state index contributed by atoms with van der Waals surface area (Å²) >= 11 is 0. The van der Waals surface area contributed by atoms with Crippen LogP contribution in [0.3, 0.4) is 0 Å². The van der Waals surface area contributed by atoms with Gasteiger partial charge in [-0.05, 0) is 32.0 Å². The minimum atomic E-state index is 0.331. The quantitative estimate of drug-likeness (QED) is 0.860. The Balaban J connectivity index is 2.77. The van der Waals surface area contributed by atoms with E-state index < -0.39 is 0 Å². The van der Waals surface area contributed by atoms with Gasteiger partial charge < -0.3 is 10.2 Å². The van der Waals surface area contributed by atoms with E-state index in [4.69, 9.17) is 0 Å². The van der Waals surface area contributed by atoms with Gasteiger partial charge in [0, 0.05) is 18.6 Å². The summed E-state index contributed by atoms with van der Waals surface area (Å²) in [7, 11) is 4.25. The SMILES string of the molecule is CNC(c1ccccc1)C(C)N(C)CC(C)(C)C. The van der Waals surface area contributed by atoms with Crippen LogP contribution in [0.1, 0.15) is 39.3 Å². The van der Waals surface area contributed by atoms with Crippen molar-refractivity contribution >= 4 is 0 Å². The van der Waals surface area contributed by atoms with Crippen molar-refractivity contribution in [2.24, 2.45) is 5.41 Å². The number of nitrogens with zero attached hydrogens (tertiary/aromatic N) is 1. The highest BCUT2D eigenvalue weighted by Gasteiger charge is 2.24. The van der Waals surface area contributed by atoms with Gasteiger partial charge in [-0.15, -0.1) is 0 Å². The van der Waals surface area contributed by atoms with Crippen LogP contribution in [-0.4, -0.2) is 31.6 Å². The van der Waals surface area contributed by atoms with E-state index in [9.17, 15) is 0 Å². The van der Waals surface area contributed by atoms with Crippen molar-refractivity contribution in [1.82, 2.24) is 10.2 Å². The first-order valence-electron chi connectivity index (χ1n) is 6.77. The number of hydrogen-bond acceptors (Lipinski definition) is 2. The summed E-state index contributed by atoms with van der Waals surface area (Å²) in [5.74, 6) is 0. The standard InChI is InChI=1S/C16H28N2/c1-13(18(6)12-16(2,3)4)15(17-5)14-10-8-7-9-11-14/h7-11,13,15,17H,12H2,1-6H3. The van der Waals surface area contributed by atoms with E-state index in [0.29, 0.717) is 17.5 Å². The smallest absolute Gasteiger partial charge is 0.0472 e. The van der Waals surface area contributed by atoms with Crippen LogP contribution < -0.4 is 5.32 Å². The predicted octanol–water partition coefficient (Wildman–Crippen LogP) is 3.31. The molecule has 18 heavy (non-hydrogen) atoms. The predicted molar refractivity (Wildman–Crippen MR) is 79.8 cm³/mol. The van der Waals surface area contributed by atoms with E-state index in [2.05, 4.69) is 75.3 Å². The van der Waals surface area contributed by atoms with E-state index in [0.717, 1.165) is 6.54 Å². The first-order chi connectivity index (χ1) is 8.35. The minimum absolute atomic E-state index is 0.331. The molecule has 1 aromatic carbocycles. The summed E-state index contributed by atoms with van der Waals surface area (Å²) in [5.41, 5.74) is 1.69. The molecule has 0 amide bonds.